The van der Waals surface area contributed by atoms with E-state index in [4.69, 9.17) is 0 Å². The summed E-state index contributed by atoms with van der Waals surface area (Å²) in [6.45, 7) is 6.87. The van der Waals surface area contributed by atoms with Gasteiger partial charge in [-0.25, -0.2) is 12.7 Å². The first-order valence-corrected chi connectivity index (χ1v) is 12.7. The van der Waals surface area contributed by atoms with Crippen molar-refractivity contribution in [3.8, 4) is 0 Å². The molecule has 0 radical (unpaired) electrons. The maximum Gasteiger partial charge on any atom is 0.223 e. The maximum absolute atomic E-state index is 12.8. The van der Waals surface area contributed by atoms with Gasteiger partial charge in [0.25, 0.3) is 0 Å². The Hall–Kier alpha value is -1.70. The first-order valence-electron chi connectivity index (χ1n) is 10.3. The minimum absolute atomic E-state index is 0.00603. The molecule has 1 amide bonds. The SMILES string of the molecule is Cc1ccc([C@H](C)NC(=O)C2CCN(S(=O)(=O)Cc3cccc(Br)c3)CC2)c(C)c1. The number of hydrogen-bond acceptors (Lipinski definition) is 3. The molecule has 2 aromatic carbocycles. The van der Waals surface area contributed by atoms with Gasteiger partial charge in [0.1, 0.15) is 0 Å². The van der Waals surface area contributed by atoms with E-state index in [0.29, 0.717) is 25.9 Å². The fourth-order valence-electron chi connectivity index (χ4n) is 4.05. The van der Waals surface area contributed by atoms with Crippen molar-refractivity contribution in [3.63, 3.8) is 0 Å². The van der Waals surface area contributed by atoms with Crippen molar-refractivity contribution in [1.29, 1.82) is 0 Å². The van der Waals surface area contributed by atoms with E-state index in [0.717, 1.165) is 21.2 Å². The number of carbonyl (C=O) groups is 1. The zero-order valence-corrected chi connectivity index (χ0v) is 20.1. The van der Waals surface area contributed by atoms with E-state index in [1.165, 1.54) is 9.87 Å². The van der Waals surface area contributed by atoms with E-state index in [-0.39, 0.29) is 23.6 Å². The number of piperidine rings is 1. The number of benzene rings is 2. The molecule has 1 aliphatic rings. The van der Waals surface area contributed by atoms with E-state index in [1.807, 2.05) is 31.2 Å². The van der Waals surface area contributed by atoms with Crippen molar-refractivity contribution < 1.29 is 13.2 Å². The Labute approximate surface area is 188 Å². The number of carbonyl (C=O) groups excluding carboxylic acids is 1. The number of aryl methyl sites for hydroxylation is 2. The van der Waals surface area contributed by atoms with Crippen LogP contribution in [0.25, 0.3) is 0 Å². The molecule has 0 aromatic heterocycles. The van der Waals surface area contributed by atoms with Crippen LogP contribution in [-0.4, -0.2) is 31.7 Å². The maximum atomic E-state index is 12.8. The van der Waals surface area contributed by atoms with Gasteiger partial charge in [0, 0.05) is 23.5 Å². The van der Waals surface area contributed by atoms with E-state index in [1.54, 1.807) is 0 Å². The summed E-state index contributed by atoms with van der Waals surface area (Å²) in [5.41, 5.74) is 4.23. The number of amides is 1. The molecule has 2 aromatic rings. The summed E-state index contributed by atoms with van der Waals surface area (Å²) in [7, 11) is -3.40. The third-order valence-corrected chi connectivity index (χ3v) is 8.05. The smallest absolute Gasteiger partial charge is 0.223 e. The normalized spacial score (nSPS) is 16.9. The topological polar surface area (TPSA) is 66.5 Å². The van der Waals surface area contributed by atoms with E-state index in [9.17, 15) is 13.2 Å². The average molecular weight is 493 g/mol. The van der Waals surface area contributed by atoms with Crippen molar-refractivity contribution in [2.75, 3.05) is 13.1 Å². The molecule has 0 bridgehead atoms. The summed E-state index contributed by atoms with van der Waals surface area (Å²) in [5, 5.41) is 3.11. The Morgan fingerprint density at radius 1 is 1.17 bits per heavy atom. The van der Waals surface area contributed by atoms with Crippen LogP contribution in [0.2, 0.25) is 0 Å². The molecule has 3 rings (SSSR count). The van der Waals surface area contributed by atoms with Gasteiger partial charge in [-0.3, -0.25) is 4.79 Å². The van der Waals surface area contributed by atoms with Crippen molar-refractivity contribution in [2.45, 2.75) is 45.4 Å². The van der Waals surface area contributed by atoms with Crippen LogP contribution in [0, 0.1) is 19.8 Å². The lowest BCUT2D eigenvalue weighted by atomic mass is 9.95. The van der Waals surface area contributed by atoms with Crippen LogP contribution in [0.4, 0.5) is 0 Å². The Morgan fingerprint density at radius 3 is 2.50 bits per heavy atom. The molecule has 30 heavy (non-hydrogen) atoms. The van der Waals surface area contributed by atoms with E-state index < -0.39 is 10.0 Å². The summed E-state index contributed by atoms with van der Waals surface area (Å²) in [6, 6.07) is 13.5. The molecule has 1 atom stereocenters. The molecule has 1 aliphatic heterocycles. The third kappa shape index (κ3) is 5.71. The van der Waals surface area contributed by atoms with Gasteiger partial charge < -0.3 is 5.32 Å². The van der Waals surface area contributed by atoms with Gasteiger partial charge in [0.2, 0.25) is 15.9 Å². The van der Waals surface area contributed by atoms with Crippen LogP contribution >= 0.6 is 15.9 Å². The van der Waals surface area contributed by atoms with Crippen molar-refractivity contribution >= 4 is 31.9 Å². The molecule has 1 fully saturated rings. The van der Waals surface area contributed by atoms with Gasteiger partial charge in [-0.05, 0) is 62.4 Å². The minimum Gasteiger partial charge on any atom is -0.349 e. The predicted octanol–water partition coefficient (Wildman–Crippen LogP) is 4.49. The van der Waals surface area contributed by atoms with Gasteiger partial charge >= 0.3 is 0 Å². The summed E-state index contributed by atoms with van der Waals surface area (Å²) in [5.74, 6) is -0.172. The molecule has 0 aliphatic carbocycles. The van der Waals surface area contributed by atoms with Gasteiger partial charge in [0.15, 0.2) is 0 Å². The number of sulfonamides is 1. The van der Waals surface area contributed by atoms with Crippen LogP contribution in [0.15, 0.2) is 46.9 Å². The molecule has 7 heteroatoms. The molecule has 0 unspecified atom stereocenters. The van der Waals surface area contributed by atoms with Gasteiger partial charge in [0.05, 0.1) is 11.8 Å². The van der Waals surface area contributed by atoms with Gasteiger partial charge in [-0.1, -0.05) is 51.8 Å². The third-order valence-electron chi connectivity index (χ3n) is 5.71. The summed E-state index contributed by atoms with van der Waals surface area (Å²) >= 11 is 3.38. The number of rotatable bonds is 6. The van der Waals surface area contributed by atoms with Crippen LogP contribution in [0.5, 0.6) is 0 Å². The van der Waals surface area contributed by atoms with Gasteiger partial charge in [-0.15, -0.1) is 0 Å². The Balaban J connectivity index is 1.56. The fraction of sp³-hybridized carbons (Fsp3) is 0.435. The second kappa shape index (κ2) is 9.62. The summed E-state index contributed by atoms with van der Waals surface area (Å²) in [4.78, 5) is 12.8. The van der Waals surface area contributed by atoms with Crippen LogP contribution in [0.1, 0.15) is 48.1 Å². The molecule has 1 N–H and O–H groups in total. The standard InChI is InChI=1S/C23H29BrN2O3S/c1-16-7-8-22(17(2)13-16)18(3)25-23(27)20-9-11-26(12-10-20)30(28,29)15-19-5-4-6-21(24)14-19/h4-8,13-14,18,20H,9-12,15H2,1-3H3,(H,25,27)/t18-/m0/s1. The van der Waals surface area contributed by atoms with Crippen LogP contribution in [0.3, 0.4) is 0 Å². The van der Waals surface area contributed by atoms with Crippen molar-refractivity contribution in [2.24, 2.45) is 5.92 Å². The number of halogens is 1. The largest absolute Gasteiger partial charge is 0.349 e. The molecule has 5 nitrogen and oxygen atoms in total. The van der Waals surface area contributed by atoms with E-state index in [2.05, 4.69) is 53.3 Å². The summed E-state index contributed by atoms with van der Waals surface area (Å²) < 4.78 is 27.9. The highest BCUT2D eigenvalue weighted by atomic mass is 79.9. The summed E-state index contributed by atoms with van der Waals surface area (Å²) in [6.07, 6.45) is 1.09. The first kappa shape index (κ1) is 23.0. The molecular formula is C23H29BrN2O3S. The Morgan fingerprint density at radius 2 is 1.87 bits per heavy atom. The molecule has 1 heterocycles. The number of nitrogens with zero attached hydrogens (tertiary/aromatic N) is 1. The highest BCUT2D eigenvalue weighted by Crippen LogP contribution is 2.25. The quantitative estimate of drug-likeness (QED) is 0.645. The average Bonchev–Trinajstić information content (AvgIpc) is 2.67. The molecular weight excluding hydrogens is 464 g/mol. The van der Waals surface area contributed by atoms with Crippen molar-refractivity contribution in [3.05, 3.63) is 69.2 Å². The second-order valence-electron chi connectivity index (χ2n) is 8.15. The molecule has 162 valence electrons. The lowest BCUT2D eigenvalue weighted by molar-refractivity contribution is -0.126. The number of nitrogens with one attached hydrogen (secondary N) is 1. The zero-order chi connectivity index (χ0) is 21.9. The molecule has 1 saturated heterocycles. The fourth-order valence-corrected chi connectivity index (χ4v) is 6.04. The second-order valence-corrected chi connectivity index (χ2v) is 11.0. The monoisotopic (exact) mass is 492 g/mol. The van der Waals surface area contributed by atoms with Crippen LogP contribution in [-0.2, 0) is 20.6 Å². The first-order chi connectivity index (χ1) is 14.2. The van der Waals surface area contributed by atoms with Gasteiger partial charge in [-0.2, -0.15) is 0 Å². The van der Waals surface area contributed by atoms with Crippen LogP contribution < -0.4 is 5.32 Å². The predicted molar refractivity (Wildman–Crippen MR) is 124 cm³/mol. The zero-order valence-electron chi connectivity index (χ0n) is 17.7. The van der Waals surface area contributed by atoms with E-state index >= 15 is 0 Å². The highest BCUT2D eigenvalue weighted by molar-refractivity contribution is 9.10. The molecule has 0 spiro atoms. The lowest BCUT2D eigenvalue weighted by Gasteiger charge is -2.31. The van der Waals surface area contributed by atoms with Crippen molar-refractivity contribution in [1.82, 2.24) is 9.62 Å². The Bertz CT molecular complexity index is 1010. The minimum atomic E-state index is -3.40. The number of hydrogen-bond donors (Lipinski definition) is 1. The lowest BCUT2D eigenvalue weighted by Crippen LogP contribution is -2.43. The molecule has 0 saturated carbocycles. The Kier molecular flexibility index (Phi) is 7.37. The highest BCUT2D eigenvalue weighted by Gasteiger charge is 2.31.